The van der Waals surface area contributed by atoms with Gasteiger partial charge in [-0.15, -0.1) is 0 Å². The summed E-state index contributed by atoms with van der Waals surface area (Å²) in [5.41, 5.74) is 6.73. The van der Waals surface area contributed by atoms with Crippen LogP contribution in [0.5, 0.6) is 0 Å². The molecule has 98 valence electrons. The van der Waals surface area contributed by atoms with Gasteiger partial charge in [0.25, 0.3) is 5.91 Å². The summed E-state index contributed by atoms with van der Waals surface area (Å²) in [6.07, 6.45) is 3.11. The largest absolute Gasteiger partial charge is 0.398 e. The maximum absolute atomic E-state index is 12.6. The van der Waals surface area contributed by atoms with E-state index >= 15 is 0 Å². The molecular formula is C14H19ClN2O. The van der Waals surface area contributed by atoms with Gasteiger partial charge in [0.1, 0.15) is 0 Å². The molecular weight excluding hydrogens is 248 g/mol. The molecule has 1 fully saturated rings. The van der Waals surface area contributed by atoms with Crippen molar-refractivity contribution in [3.8, 4) is 0 Å². The number of nitrogens with two attached hydrogens (primary N) is 1. The topological polar surface area (TPSA) is 46.3 Å². The number of rotatable bonds is 2. The predicted octanol–water partition coefficient (Wildman–Crippen LogP) is 3.33. The molecule has 0 bridgehead atoms. The highest BCUT2D eigenvalue weighted by Crippen LogP contribution is 2.31. The van der Waals surface area contributed by atoms with E-state index in [0.717, 1.165) is 19.3 Å². The van der Waals surface area contributed by atoms with Gasteiger partial charge in [-0.3, -0.25) is 4.79 Å². The molecule has 2 unspecified atom stereocenters. The van der Waals surface area contributed by atoms with Crippen LogP contribution < -0.4 is 5.73 Å². The minimum Gasteiger partial charge on any atom is -0.398 e. The first-order valence-corrected chi connectivity index (χ1v) is 6.80. The van der Waals surface area contributed by atoms with Crippen molar-refractivity contribution in [2.24, 2.45) is 0 Å². The van der Waals surface area contributed by atoms with Crippen molar-refractivity contribution in [2.45, 2.75) is 45.2 Å². The predicted molar refractivity (Wildman–Crippen MR) is 74.8 cm³/mol. The fourth-order valence-electron chi connectivity index (χ4n) is 2.69. The maximum Gasteiger partial charge on any atom is 0.255 e. The van der Waals surface area contributed by atoms with Gasteiger partial charge in [-0.1, -0.05) is 24.6 Å². The third kappa shape index (κ3) is 2.19. The molecule has 0 aliphatic carbocycles. The van der Waals surface area contributed by atoms with E-state index in [2.05, 4.69) is 13.8 Å². The third-order valence-corrected chi connectivity index (χ3v) is 4.17. The lowest BCUT2D eigenvalue weighted by molar-refractivity contribution is 0.0676. The summed E-state index contributed by atoms with van der Waals surface area (Å²) in [7, 11) is 0. The van der Waals surface area contributed by atoms with Crippen molar-refractivity contribution in [2.75, 3.05) is 5.73 Å². The Morgan fingerprint density at radius 2 is 2.22 bits per heavy atom. The molecule has 2 rings (SSSR count). The van der Waals surface area contributed by atoms with Crippen LogP contribution in [0.1, 0.15) is 43.5 Å². The van der Waals surface area contributed by atoms with Crippen molar-refractivity contribution in [1.29, 1.82) is 0 Å². The average Bonchev–Trinajstić information content (AvgIpc) is 2.73. The number of hydrogen-bond donors (Lipinski definition) is 1. The molecule has 1 heterocycles. The molecule has 1 aliphatic heterocycles. The van der Waals surface area contributed by atoms with Crippen LogP contribution >= 0.6 is 11.6 Å². The van der Waals surface area contributed by atoms with Crippen LogP contribution in [0.15, 0.2) is 18.2 Å². The lowest BCUT2D eigenvalue weighted by atomic mass is 10.1. The molecule has 1 amide bonds. The first kappa shape index (κ1) is 13.2. The molecule has 0 spiro atoms. The summed E-state index contributed by atoms with van der Waals surface area (Å²) in [6, 6.07) is 5.84. The standard InChI is InChI=1S/C14H19ClN2O/c1-3-10-8-7-9(2)17(10)14(18)11-5-4-6-12(16)13(11)15/h4-6,9-10H,3,7-8,16H2,1-2H3. The molecule has 0 aromatic heterocycles. The second kappa shape index (κ2) is 5.19. The zero-order chi connectivity index (χ0) is 13.3. The molecule has 2 atom stereocenters. The SMILES string of the molecule is CCC1CCC(C)N1C(=O)c1cccc(N)c1Cl. The minimum absolute atomic E-state index is 0.00384. The molecule has 1 aromatic rings. The number of likely N-dealkylation sites (tertiary alicyclic amines) is 1. The number of halogens is 1. The van der Waals surface area contributed by atoms with Crippen LogP contribution in [0.2, 0.25) is 5.02 Å². The molecule has 1 saturated heterocycles. The van der Waals surface area contributed by atoms with Crippen LogP contribution in [-0.4, -0.2) is 22.9 Å². The van der Waals surface area contributed by atoms with E-state index in [1.807, 2.05) is 4.90 Å². The maximum atomic E-state index is 12.6. The Kier molecular flexibility index (Phi) is 3.81. The lowest BCUT2D eigenvalue weighted by Crippen LogP contribution is -2.39. The van der Waals surface area contributed by atoms with E-state index in [9.17, 15) is 4.79 Å². The Morgan fingerprint density at radius 3 is 2.89 bits per heavy atom. The van der Waals surface area contributed by atoms with Crippen molar-refractivity contribution in [1.82, 2.24) is 4.90 Å². The Morgan fingerprint density at radius 1 is 1.50 bits per heavy atom. The Bertz CT molecular complexity index is 461. The normalized spacial score (nSPS) is 23.4. The number of nitrogen functional groups attached to an aromatic ring is 1. The van der Waals surface area contributed by atoms with E-state index in [0.29, 0.717) is 22.3 Å². The third-order valence-electron chi connectivity index (χ3n) is 3.75. The van der Waals surface area contributed by atoms with Crippen LogP contribution in [0.25, 0.3) is 0 Å². The fourth-order valence-corrected chi connectivity index (χ4v) is 2.90. The van der Waals surface area contributed by atoms with Gasteiger partial charge >= 0.3 is 0 Å². The minimum atomic E-state index is 0.00384. The lowest BCUT2D eigenvalue weighted by Gasteiger charge is -2.28. The summed E-state index contributed by atoms with van der Waals surface area (Å²) in [6.45, 7) is 4.21. The van der Waals surface area contributed by atoms with Gasteiger partial charge in [-0.2, -0.15) is 0 Å². The van der Waals surface area contributed by atoms with E-state index in [4.69, 9.17) is 17.3 Å². The fraction of sp³-hybridized carbons (Fsp3) is 0.500. The number of benzene rings is 1. The van der Waals surface area contributed by atoms with E-state index in [1.165, 1.54) is 0 Å². The average molecular weight is 267 g/mol. The van der Waals surface area contributed by atoms with E-state index in [-0.39, 0.29) is 11.9 Å². The Labute approximate surface area is 113 Å². The molecule has 1 aliphatic rings. The molecule has 2 N–H and O–H groups in total. The van der Waals surface area contributed by atoms with Gasteiger partial charge in [-0.25, -0.2) is 0 Å². The van der Waals surface area contributed by atoms with Gasteiger partial charge in [-0.05, 0) is 38.3 Å². The smallest absolute Gasteiger partial charge is 0.255 e. The van der Waals surface area contributed by atoms with Crippen LogP contribution in [-0.2, 0) is 0 Å². The zero-order valence-electron chi connectivity index (χ0n) is 10.8. The summed E-state index contributed by atoms with van der Waals surface area (Å²) in [5, 5.41) is 0.372. The number of hydrogen-bond acceptors (Lipinski definition) is 2. The number of anilines is 1. The highest BCUT2D eigenvalue weighted by molar-refractivity contribution is 6.36. The second-order valence-electron chi connectivity index (χ2n) is 4.91. The number of carbonyl (C=O) groups excluding carboxylic acids is 1. The monoisotopic (exact) mass is 266 g/mol. The first-order valence-electron chi connectivity index (χ1n) is 6.43. The quantitative estimate of drug-likeness (QED) is 0.835. The molecule has 18 heavy (non-hydrogen) atoms. The molecule has 0 radical (unpaired) electrons. The van der Waals surface area contributed by atoms with Crippen molar-refractivity contribution >= 4 is 23.2 Å². The number of carbonyl (C=O) groups is 1. The zero-order valence-corrected chi connectivity index (χ0v) is 11.6. The van der Waals surface area contributed by atoms with E-state index in [1.54, 1.807) is 18.2 Å². The molecule has 3 nitrogen and oxygen atoms in total. The van der Waals surface area contributed by atoms with Crippen molar-refractivity contribution in [3.05, 3.63) is 28.8 Å². The summed E-state index contributed by atoms with van der Waals surface area (Å²) in [5.74, 6) is 0.00384. The Hall–Kier alpha value is -1.22. The molecule has 1 aromatic carbocycles. The highest BCUT2D eigenvalue weighted by atomic mass is 35.5. The highest BCUT2D eigenvalue weighted by Gasteiger charge is 2.34. The number of nitrogens with zero attached hydrogens (tertiary/aromatic N) is 1. The second-order valence-corrected chi connectivity index (χ2v) is 5.29. The summed E-state index contributed by atoms with van der Waals surface area (Å²) < 4.78 is 0. The summed E-state index contributed by atoms with van der Waals surface area (Å²) in [4.78, 5) is 14.5. The van der Waals surface area contributed by atoms with Gasteiger partial charge in [0.2, 0.25) is 0 Å². The van der Waals surface area contributed by atoms with Gasteiger partial charge in [0.05, 0.1) is 16.3 Å². The van der Waals surface area contributed by atoms with Crippen LogP contribution in [0.3, 0.4) is 0 Å². The van der Waals surface area contributed by atoms with Gasteiger partial charge < -0.3 is 10.6 Å². The van der Waals surface area contributed by atoms with Gasteiger partial charge in [0.15, 0.2) is 0 Å². The van der Waals surface area contributed by atoms with Crippen molar-refractivity contribution in [3.63, 3.8) is 0 Å². The number of amides is 1. The van der Waals surface area contributed by atoms with Crippen molar-refractivity contribution < 1.29 is 4.79 Å². The molecule has 4 heteroatoms. The van der Waals surface area contributed by atoms with Crippen LogP contribution in [0, 0.1) is 0 Å². The molecule has 0 saturated carbocycles. The van der Waals surface area contributed by atoms with E-state index < -0.39 is 0 Å². The van der Waals surface area contributed by atoms with Gasteiger partial charge in [0, 0.05) is 12.1 Å². The van der Waals surface area contributed by atoms with Crippen LogP contribution in [0.4, 0.5) is 5.69 Å². The Balaban J connectivity index is 2.33. The summed E-state index contributed by atoms with van der Waals surface area (Å²) >= 11 is 6.13. The first-order chi connectivity index (χ1) is 8.56.